The maximum absolute atomic E-state index is 12.9. The van der Waals surface area contributed by atoms with Gasteiger partial charge in [-0.2, -0.15) is 0 Å². The number of furan rings is 1. The van der Waals surface area contributed by atoms with Crippen molar-refractivity contribution in [1.82, 2.24) is 5.32 Å². The molecule has 1 atom stereocenters. The predicted molar refractivity (Wildman–Crippen MR) is 54.0 cm³/mol. The van der Waals surface area contributed by atoms with Crippen molar-refractivity contribution in [2.24, 2.45) is 0 Å². The van der Waals surface area contributed by atoms with Crippen LogP contribution in [0.15, 0.2) is 28.7 Å². The second-order valence-electron chi connectivity index (χ2n) is 3.43. The van der Waals surface area contributed by atoms with E-state index in [9.17, 15) is 13.2 Å². The molecule has 86 valence electrons. The third kappa shape index (κ3) is 1.90. The van der Waals surface area contributed by atoms with Crippen molar-refractivity contribution in [2.75, 3.05) is 7.05 Å². The molecule has 0 aliphatic rings. The van der Waals surface area contributed by atoms with Crippen LogP contribution in [0.5, 0.6) is 0 Å². The molecule has 2 rings (SSSR count). The molecule has 1 heterocycles. The highest BCUT2D eigenvalue weighted by Crippen LogP contribution is 2.27. The van der Waals surface area contributed by atoms with Crippen molar-refractivity contribution in [3.63, 3.8) is 0 Å². The number of benzene rings is 1. The first-order valence-corrected chi connectivity index (χ1v) is 4.76. The molecule has 1 unspecified atom stereocenters. The minimum absolute atomic E-state index is 0.109. The first-order chi connectivity index (χ1) is 7.61. The van der Waals surface area contributed by atoms with Crippen molar-refractivity contribution in [1.29, 1.82) is 0 Å². The summed E-state index contributed by atoms with van der Waals surface area (Å²) in [7, 11) is 1.42. The van der Waals surface area contributed by atoms with Crippen LogP contribution in [0, 0.1) is 5.82 Å². The third-order valence-electron chi connectivity index (χ3n) is 2.37. The molecule has 2 nitrogen and oxygen atoms in total. The zero-order valence-corrected chi connectivity index (χ0v) is 8.51. The molecule has 5 heteroatoms. The molecule has 0 aliphatic carbocycles. The van der Waals surface area contributed by atoms with Gasteiger partial charge in [-0.1, -0.05) is 0 Å². The van der Waals surface area contributed by atoms with Crippen LogP contribution in [0.1, 0.15) is 11.8 Å². The van der Waals surface area contributed by atoms with Crippen LogP contribution in [0.2, 0.25) is 0 Å². The Morgan fingerprint density at radius 1 is 1.25 bits per heavy atom. The van der Waals surface area contributed by atoms with E-state index in [2.05, 4.69) is 5.32 Å². The van der Waals surface area contributed by atoms with Crippen LogP contribution in [-0.2, 0) is 0 Å². The van der Waals surface area contributed by atoms with Crippen LogP contribution >= 0.6 is 0 Å². The number of nitrogens with one attached hydrogen (secondary N) is 1. The van der Waals surface area contributed by atoms with Crippen molar-refractivity contribution < 1.29 is 17.6 Å². The molecule has 16 heavy (non-hydrogen) atoms. The van der Waals surface area contributed by atoms with Crippen molar-refractivity contribution >= 4 is 11.0 Å². The molecule has 1 N–H and O–H groups in total. The van der Waals surface area contributed by atoms with Gasteiger partial charge in [-0.15, -0.1) is 0 Å². The summed E-state index contributed by atoms with van der Waals surface area (Å²) in [4.78, 5) is 0. The molecule has 0 aliphatic heterocycles. The molecule has 0 bridgehead atoms. The standard InChI is InChI=1S/C11H10F3NO/c1-15-10(11(13)14)9-5-6-4-7(12)2-3-8(6)16-9/h2-5,10-11,15H,1H3. The number of halogens is 3. The number of hydrogen-bond acceptors (Lipinski definition) is 2. The summed E-state index contributed by atoms with van der Waals surface area (Å²) in [6.07, 6.45) is -2.57. The molecule has 1 aromatic heterocycles. The quantitative estimate of drug-likeness (QED) is 0.874. The summed E-state index contributed by atoms with van der Waals surface area (Å²) >= 11 is 0. The van der Waals surface area contributed by atoms with E-state index in [0.717, 1.165) is 0 Å². The Labute approximate surface area is 90.0 Å². The molecule has 0 saturated heterocycles. The van der Waals surface area contributed by atoms with Gasteiger partial charge in [-0.05, 0) is 31.3 Å². The monoisotopic (exact) mass is 229 g/mol. The van der Waals surface area contributed by atoms with E-state index < -0.39 is 18.3 Å². The number of hydrogen-bond donors (Lipinski definition) is 1. The highest BCUT2D eigenvalue weighted by molar-refractivity contribution is 5.78. The largest absolute Gasteiger partial charge is 0.459 e. The second kappa shape index (κ2) is 4.17. The van der Waals surface area contributed by atoms with Crippen LogP contribution in [0.25, 0.3) is 11.0 Å². The SMILES string of the molecule is CNC(c1cc2cc(F)ccc2o1)C(F)F. The van der Waals surface area contributed by atoms with Crippen LogP contribution in [0.4, 0.5) is 13.2 Å². The first kappa shape index (κ1) is 11.0. The fourth-order valence-corrected chi connectivity index (χ4v) is 1.58. The zero-order valence-electron chi connectivity index (χ0n) is 8.51. The maximum Gasteiger partial charge on any atom is 0.260 e. The van der Waals surface area contributed by atoms with Gasteiger partial charge >= 0.3 is 0 Å². The van der Waals surface area contributed by atoms with Crippen molar-refractivity contribution in [3.8, 4) is 0 Å². The minimum atomic E-state index is -2.57. The van der Waals surface area contributed by atoms with E-state index >= 15 is 0 Å². The molecule has 0 spiro atoms. The van der Waals surface area contributed by atoms with Gasteiger partial charge in [-0.25, -0.2) is 13.2 Å². The van der Waals surface area contributed by atoms with E-state index in [0.29, 0.717) is 11.0 Å². The molecule has 0 fully saturated rings. The Balaban J connectivity index is 2.45. The van der Waals surface area contributed by atoms with Crippen LogP contribution in [-0.4, -0.2) is 13.5 Å². The highest BCUT2D eigenvalue weighted by Gasteiger charge is 2.24. The summed E-state index contributed by atoms with van der Waals surface area (Å²) in [5.74, 6) is -0.309. The second-order valence-corrected chi connectivity index (χ2v) is 3.43. The van der Waals surface area contributed by atoms with Gasteiger partial charge in [0, 0.05) is 5.39 Å². The maximum atomic E-state index is 12.9. The summed E-state index contributed by atoms with van der Waals surface area (Å²) in [5.41, 5.74) is 0.400. The third-order valence-corrected chi connectivity index (χ3v) is 2.37. The summed E-state index contributed by atoms with van der Waals surface area (Å²) < 4.78 is 43.3. The minimum Gasteiger partial charge on any atom is -0.459 e. The molecule has 0 amide bonds. The van der Waals surface area contributed by atoms with Crippen molar-refractivity contribution in [2.45, 2.75) is 12.5 Å². The Morgan fingerprint density at radius 3 is 2.62 bits per heavy atom. The smallest absolute Gasteiger partial charge is 0.260 e. The van der Waals surface area contributed by atoms with Crippen LogP contribution in [0.3, 0.4) is 0 Å². The lowest BCUT2D eigenvalue weighted by atomic mass is 10.2. The molecule has 0 saturated carbocycles. The van der Waals surface area contributed by atoms with Crippen LogP contribution < -0.4 is 5.32 Å². The molecule has 0 radical (unpaired) electrons. The lowest BCUT2D eigenvalue weighted by Crippen LogP contribution is -2.22. The van der Waals surface area contributed by atoms with Gasteiger partial charge in [0.05, 0.1) is 0 Å². The van der Waals surface area contributed by atoms with E-state index in [4.69, 9.17) is 4.42 Å². The fourth-order valence-electron chi connectivity index (χ4n) is 1.58. The Hall–Kier alpha value is -1.49. The normalized spacial score (nSPS) is 13.6. The molecular weight excluding hydrogens is 219 g/mol. The molecule has 1 aromatic carbocycles. The molecular formula is C11H10F3NO. The lowest BCUT2D eigenvalue weighted by molar-refractivity contribution is 0.0928. The number of rotatable bonds is 3. The van der Waals surface area contributed by atoms with E-state index in [1.54, 1.807) is 0 Å². The summed E-state index contributed by atoms with van der Waals surface area (Å²) in [6.45, 7) is 0. The topological polar surface area (TPSA) is 25.2 Å². The predicted octanol–water partition coefficient (Wildman–Crippen LogP) is 3.10. The molecule has 2 aromatic rings. The van der Waals surface area contributed by atoms with Gasteiger partial charge < -0.3 is 9.73 Å². The first-order valence-electron chi connectivity index (χ1n) is 4.76. The van der Waals surface area contributed by atoms with Gasteiger partial charge in [0.1, 0.15) is 23.2 Å². The van der Waals surface area contributed by atoms with E-state index in [1.165, 1.54) is 31.3 Å². The zero-order chi connectivity index (χ0) is 11.7. The van der Waals surface area contributed by atoms with Gasteiger partial charge in [-0.3, -0.25) is 0 Å². The fraction of sp³-hybridized carbons (Fsp3) is 0.273. The Kier molecular flexibility index (Phi) is 2.87. The van der Waals surface area contributed by atoms with E-state index in [1.807, 2.05) is 0 Å². The average Bonchev–Trinajstić information content (AvgIpc) is 2.60. The lowest BCUT2D eigenvalue weighted by Gasteiger charge is -2.11. The summed E-state index contributed by atoms with van der Waals surface area (Å²) in [6, 6.07) is 4.15. The van der Waals surface area contributed by atoms with Gasteiger partial charge in [0.15, 0.2) is 0 Å². The van der Waals surface area contributed by atoms with Gasteiger partial charge in [0.2, 0.25) is 0 Å². The van der Waals surface area contributed by atoms with Crippen molar-refractivity contribution in [3.05, 3.63) is 35.8 Å². The number of alkyl halides is 2. The number of fused-ring (bicyclic) bond motifs is 1. The highest BCUT2D eigenvalue weighted by atomic mass is 19.3. The van der Waals surface area contributed by atoms with Gasteiger partial charge in [0.25, 0.3) is 6.43 Å². The van der Waals surface area contributed by atoms with E-state index in [-0.39, 0.29) is 5.76 Å². The summed E-state index contributed by atoms with van der Waals surface area (Å²) in [5, 5.41) is 2.94. The average molecular weight is 229 g/mol. The Bertz CT molecular complexity index is 495. The Morgan fingerprint density at radius 2 is 2.00 bits per heavy atom.